The van der Waals surface area contributed by atoms with E-state index in [4.69, 9.17) is 14.5 Å². The monoisotopic (exact) mass is 542 g/mol. The first-order chi connectivity index (χ1) is 18.8. The van der Waals surface area contributed by atoms with E-state index in [0.717, 1.165) is 61.7 Å². The number of likely N-dealkylation sites (tertiary alicyclic amines) is 1. The molecule has 10 nitrogen and oxygen atoms in total. The minimum Gasteiger partial charge on any atom is -0.460 e. The Morgan fingerprint density at radius 2 is 1.82 bits per heavy atom. The molecule has 4 heterocycles. The lowest BCUT2D eigenvalue weighted by Crippen LogP contribution is -2.34. The predicted octanol–water partition coefficient (Wildman–Crippen LogP) is 4.04. The first kappa shape index (κ1) is 27.4. The summed E-state index contributed by atoms with van der Waals surface area (Å²) < 4.78 is 26.2. The lowest BCUT2D eigenvalue weighted by Gasteiger charge is -2.29. The number of carbonyl (C=O) groups is 2. The second-order valence-corrected chi connectivity index (χ2v) is 11.2. The molecule has 1 unspecified atom stereocenters. The number of carbonyl (C=O) groups excluding carboxylic acids is 2. The number of aromatic nitrogens is 3. The lowest BCUT2D eigenvalue weighted by atomic mass is 9.86. The molecule has 2 aromatic rings. The van der Waals surface area contributed by atoms with Crippen molar-refractivity contribution in [3.8, 4) is 0 Å². The van der Waals surface area contributed by atoms with Crippen molar-refractivity contribution in [3.63, 3.8) is 0 Å². The minimum atomic E-state index is -0.985. The molecule has 1 saturated carbocycles. The molecule has 0 bridgehead atoms. The molecule has 11 heteroatoms. The number of nitrogens with one attached hydrogen (secondary N) is 2. The number of hydrogen-bond acceptors (Lipinski definition) is 8. The lowest BCUT2D eigenvalue weighted by molar-refractivity contribution is -0.155. The van der Waals surface area contributed by atoms with Crippen LogP contribution in [0.3, 0.4) is 0 Å². The maximum absolute atomic E-state index is 13.2. The van der Waals surface area contributed by atoms with Gasteiger partial charge in [0, 0.05) is 49.9 Å². The van der Waals surface area contributed by atoms with E-state index in [9.17, 15) is 14.0 Å². The molecule has 5 rings (SSSR count). The van der Waals surface area contributed by atoms with Crippen molar-refractivity contribution in [1.29, 1.82) is 0 Å². The smallest absolute Gasteiger partial charge is 0.309 e. The zero-order valence-corrected chi connectivity index (χ0v) is 22.8. The van der Waals surface area contributed by atoms with Crippen LogP contribution in [0.15, 0.2) is 24.7 Å². The number of ether oxygens (including phenoxy) is 2. The molecular formula is C28H39FN6O4. The maximum atomic E-state index is 13.2. The minimum absolute atomic E-state index is 0.176. The van der Waals surface area contributed by atoms with Gasteiger partial charge in [-0.2, -0.15) is 9.61 Å². The summed E-state index contributed by atoms with van der Waals surface area (Å²) in [4.78, 5) is 30.9. The number of nitrogens with zero attached hydrogens (tertiary/aromatic N) is 4. The summed E-state index contributed by atoms with van der Waals surface area (Å²) in [7, 11) is 0. The summed E-state index contributed by atoms with van der Waals surface area (Å²) in [6.07, 6.45) is 6.99. The Bertz CT molecular complexity index is 1200. The van der Waals surface area contributed by atoms with Gasteiger partial charge in [0.15, 0.2) is 11.5 Å². The van der Waals surface area contributed by atoms with Crippen LogP contribution in [0.4, 0.5) is 16.0 Å². The van der Waals surface area contributed by atoms with Crippen molar-refractivity contribution >= 4 is 29.2 Å². The van der Waals surface area contributed by atoms with Gasteiger partial charge in [-0.1, -0.05) is 20.4 Å². The summed E-state index contributed by atoms with van der Waals surface area (Å²) >= 11 is 0. The third-order valence-corrected chi connectivity index (χ3v) is 8.05. The SMILES string of the molecule is C=C(F)C(=O)N1CCC(OC(=O)C2CCC(Nc3cc(NC4CCOCC4)nc4c(C(C)C)cnn34)CC2)C1. The second-order valence-electron chi connectivity index (χ2n) is 11.2. The van der Waals surface area contributed by atoms with Gasteiger partial charge in [-0.25, -0.2) is 9.37 Å². The van der Waals surface area contributed by atoms with Crippen molar-refractivity contribution in [2.45, 2.75) is 82.9 Å². The topological polar surface area (TPSA) is 110 Å². The van der Waals surface area contributed by atoms with E-state index in [0.29, 0.717) is 37.8 Å². The van der Waals surface area contributed by atoms with Crippen LogP contribution >= 0.6 is 0 Å². The van der Waals surface area contributed by atoms with Crippen LogP contribution < -0.4 is 10.6 Å². The summed E-state index contributed by atoms with van der Waals surface area (Å²) in [5, 5.41) is 11.9. The molecule has 1 aliphatic carbocycles. The summed E-state index contributed by atoms with van der Waals surface area (Å²) in [6, 6.07) is 2.55. The van der Waals surface area contributed by atoms with Gasteiger partial charge in [-0.05, 0) is 44.4 Å². The molecule has 2 saturated heterocycles. The molecular weight excluding hydrogens is 503 g/mol. The van der Waals surface area contributed by atoms with Gasteiger partial charge in [0.25, 0.3) is 5.91 Å². The molecule has 39 heavy (non-hydrogen) atoms. The van der Waals surface area contributed by atoms with Crippen molar-refractivity contribution < 1.29 is 23.5 Å². The Hall–Kier alpha value is -3.21. The van der Waals surface area contributed by atoms with Crippen LogP contribution in [-0.4, -0.2) is 75.9 Å². The molecule has 1 atom stereocenters. The normalized spacial score (nSPS) is 24.2. The maximum Gasteiger partial charge on any atom is 0.309 e. The number of esters is 1. The summed E-state index contributed by atoms with van der Waals surface area (Å²) in [5.74, 6) is -0.104. The van der Waals surface area contributed by atoms with Crippen molar-refractivity contribution in [2.24, 2.45) is 5.92 Å². The molecule has 2 aliphatic heterocycles. The number of rotatable bonds is 8. The molecule has 0 spiro atoms. The fourth-order valence-electron chi connectivity index (χ4n) is 5.74. The highest BCUT2D eigenvalue weighted by molar-refractivity contribution is 5.90. The Balaban J connectivity index is 1.20. The molecule has 212 valence electrons. The molecule has 3 aliphatic rings. The van der Waals surface area contributed by atoms with Gasteiger partial charge in [-0.15, -0.1) is 0 Å². The second kappa shape index (κ2) is 11.9. The highest BCUT2D eigenvalue weighted by Crippen LogP contribution is 2.31. The fraction of sp³-hybridized carbons (Fsp3) is 0.643. The van der Waals surface area contributed by atoms with E-state index in [-0.39, 0.29) is 24.5 Å². The Kier molecular flexibility index (Phi) is 8.34. The number of hydrogen-bond donors (Lipinski definition) is 2. The van der Waals surface area contributed by atoms with E-state index in [1.54, 1.807) is 0 Å². The molecule has 3 fully saturated rings. The first-order valence-electron chi connectivity index (χ1n) is 14.1. The highest BCUT2D eigenvalue weighted by atomic mass is 19.1. The summed E-state index contributed by atoms with van der Waals surface area (Å²) in [6.45, 7) is 9.45. The Morgan fingerprint density at radius 1 is 1.10 bits per heavy atom. The van der Waals surface area contributed by atoms with Crippen LogP contribution in [0.1, 0.15) is 70.3 Å². The average Bonchev–Trinajstić information content (AvgIpc) is 3.57. The van der Waals surface area contributed by atoms with E-state index in [2.05, 4.69) is 36.2 Å². The number of halogens is 1. The zero-order valence-electron chi connectivity index (χ0n) is 22.8. The number of fused-ring (bicyclic) bond motifs is 1. The van der Waals surface area contributed by atoms with Crippen molar-refractivity contribution in [1.82, 2.24) is 19.5 Å². The summed E-state index contributed by atoms with van der Waals surface area (Å²) in [5.41, 5.74) is 1.95. The van der Waals surface area contributed by atoms with E-state index >= 15 is 0 Å². The van der Waals surface area contributed by atoms with Crippen LogP contribution in [0.5, 0.6) is 0 Å². The Morgan fingerprint density at radius 3 is 2.51 bits per heavy atom. The highest BCUT2D eigenvalue weighted by Gasteiger charge is 2.34. The third-order valence-electron chi connectivity index (χ3n) is 8.05. The van der Waals surface area contributed by atoms with Gasteiger partial charge in [0.2, 0.25) is 0 Å². The zero-order chi connectivity index (χ0) is 27.5. The largest absolute Gasteiger partial charge is 0.460 e. The molecule has 1 amide bonds. The van der Waals surface area contributed by atoms with Crippen LogP contribution in [-0.2, 0) is 19.1 Å². The van der Waals surface area contributed by atoms with E-state index in [1.807, 2.05) is 16.8 Å². The van der Waals surface area contributed by atoms with Gasteiger partial charge in [0.1, 0.15) is 17.7 Å². The van der Waals surface area contributed by atoms with Gasteiger partial charge < -0.3 is 25.0 Å². The van der Waals surface area contributed by atoms with Gasteiger partial charge in [-0.3, -0.25) is 9.59 Å². The standard InChI is InChI=1S/C28H39FN6O4/c1-17(2)23-15-30-35-25(14-24(33-26(23)35)31-21-9-12-38-13-10-21)32-20-6-4-19(5-7-20)28(37)39-22-8-11-34(16-22)27(36)18(3)29/h14-15,17,19-22,32H,3-13,16H2,1-2H3,(H,31,33). The van der Waals surface area contributed by atoms with Crippen LogP contribution in [0.25, 0.3) is 5.65 Å². The predicted molar refractivity (Wildman–Crippen MR) is 145 cm³/mol. The fourth-order valence-corrected chi connectivity index (χ4v) is 5.74. The molecule has 2 aromatic heterocycles. The number of amides is 1. The van der Waals surface area contributed by atoms with Gasteiger partial charge >= 0.3 is 5.97 Å². The van der Waals surface area contributed by atoms with Gasteiger partial charge in [0.05, 0.1) is 18.7 Å². The van der Waals surface area contributed by atoms with Crippen molar-refractivity contribution in [3.05, 3.63) is 30.2 Å². The average molecular weight is 543 g/mol. The van der Waals surface area contributed by atoms with Crippen molar-refractivity contribution in [2.75, 3.05) is 36.9 Å². The Labute approximate surface area is 228 Å². The number of anilines is 2. The van der Waals surface area contributed by atoms with Crippen LogP contribution in [0, 0.1) is 5.92 Å². The third kappa shape index (κ3) is 6.34. The quantitative estimate of drug-likeness (QED) is 0.380. The molecule has 2 N–H and O–H groups in total. The van der Waals surface area contributed by atoms with E-state index < -0.39 is 17.8 Å². The first-order valence-corrected chi connectivity index (χ1v) is 14.1. The van der Waals surface area contributed by atoms with Crippen LogP contribution in [0.2, 0.25) is 0 Å². The molecule has 0 radical (unpaired) electrons. The molecule has 0 aromatic carbocycles. The van der Waals surface area contributed by atoms with E-state index in [1.165, 1.54) is 4.90 Å².